The Morgan fingerprint density at radius 3 is 2.16 bits per heavy atom. The molecular weight excluding hydrogens is 641 g/mol. The van der Waals surface area contributed by atoms with Crippen LogP contribution in [0.2, 0.25) is 15.1 Å². The summed E-state index contributed by atoms with van der Waals surface area (Å²) in [6.07, 6.45) is 5.54. The Bertz CT molecular complexity index is 1540. The second-order valence-corrected chi connectivity index (χ2v) is 14.4. The number of anilines is 1. The Hall–Kier alpha value is -2.78. The summed E-state index contributed by atoms with van der Waals surface area (Å²) in [5.74, 6) is -0.538. The first-order chi connectivity index (χ1) is 21.0. The van der Waals surface area contributed by atoms with Gasteiger partial charge in [-0.25, -0.2) is 8.42 Å². The van der Waals surface area contributed by atoms with E-state index in [-0.39, 0.29) is 43.8 Å². The van der Waals surface area contributed by atoms with Gasteiger partial charge in [0.2, 0.25) is 21.8 Å². The van der Waals surface area contributed by atoms with Crippen molar-refractivity contribution in [1.29, 1.82) is 0 Å². The minimum Gasteiger partial charge on any atom is -0.352 e. The number of sulfonamides is 1. The van der Waals surface area contributed by atoms with Gasteiger partial charge in [-0.05, 0) is 61.6 Å². The summed E-state index contributed by atoms with van der Waals surface area (Å²) in [5, 5.41) is 4.42. The predicted molar refractivity (Wildman–Crippen MR) is 179 cm³/mol. The maximum Gasteiger partial charge on any atom is 0.243 e. The van der Waals surface area contributed by atoms with Gasteiger partial charge in [0, 0.05) is 52.6 Å². The standard InChI is InChI=1S/C33H38Cl3N3O4S/c1-23-27(34)15-9-18-30(23)39(44(2,42)43)20-10-19-32(40)38(22-26-28(35)16-8-17-29(26)36)31(21-24-11-4-3-5-12-24)33(41)37-25-13-6-7-14-25/h3-5,8-9,11-12,15-18,25,31H,6-7,10,13-14,19-22H2,1-2H3,(H,37,41). The highest BCUT2D eigenvalue weighted by molar-refractivity contribution is 7.92. The monoisotopic (exact) mass is 677 g/mol. The Labute approximate surface area is 275 Å². The van der Waals surface area contributed by atoms with Crippen LogP contribution in [0.15, 0.2) is 66.7 Å². The number of nitrogens with zero attached hydrogens (tertiary/aromatic N) is 2. The van der Waals surface area contributed by atoms with Crippen molar-refractivity contribution in [3.8, 4) is 0 Å². The van der Waals surface area contributed by atoms with Crippen LogP contribution in [0.3, 0.4) is 0 Å². The van der Waals surface area contributed by atoms with Gasteiger partial charge in [0.25, 0.3) is 0 Å². The van der Waals surface area contributed by atoms with Gasteiger partial charge < -0.3 is 10.2 Å². The van der Waals surface area contributed by atoms with E-state index in [1.807, 2.05) is 30.3 Å². The molecule has 0 bridgehead atoms. The number of hydrogen-bond acceptors (Lipinski definition) is 4. The fourth-order valence-electron chi connectivity index (χ4n) is 5.62. The summed E-state index contributed by atoms with van der Waals surface area (Å²) in [5.41, 5.74) is 2.54. The van der Waals surface area contributed by atoms with Gasteiger partial charge in [-0.3, -0.25) is 13.9 Å². The topological polar surface area (TPSA) is 86.8 Å². The lowest BCUT2D eigenvalue weighted by Gasteiger charge is -2.33. The van der Waals surface area contributed by atoms with Crippen molar-refractivity contribution in [2.45, 2.75) is 70.5 Å². The van der Waals surface area contributed by atoms with E-state index in [9.17, 15) is 18.0 Å². The van der Waals surface area contributed by atoms with Crippen molar-refractivity contribution in [3.63, 3.8) is 0 Å². The minimum absolute atomic E-state index is 0.00426. The molecule has 236 valence electrons. The number of nitrogens with one attached hydrogen (secondary N) is 1. The van der Waals surface area contributed by atoms with E-state index in [1.165, 1.54) is 4.31 Å². The van der Waals surface area contributed by atoms with E-state index in [4.69, 9.17) is 34.8 Å². The molecule has 0 aliphatic heterocycles. The second kappa shape index (κ2) is 15.5. The van der Waals surface area contributed by atoms with Gasteiger partial charge in [-0.2, -0.15) is 0 Å². The number of carbonyl (C=O) groups is 2. The zero-order chi connectivity index (χ0) is 31.9. The fourth-order valence-corrected chi connectivity index (χ4v) is 7.33. The highest BCUT2D eigenvalue weighted by atomic mass is 35.5. The number of carbonyl (C=O) groups excluding carboxylic acids is 2. The first-order valence-electron chi connectivity index (χ1n) is 14.7. The smallest absolute Gasteiger partial charge is 0.243 e. The van der Waals surface area contributed by atoms with E-state index >= 15 is 0 Å². The van der Waals surface area contributed by atoms with Crippen molar-refractivity contribution >= 4 is 62.3 Å². The summed E-state index contributed by atoms with van der Waals surface area (Å²) < 4.78 is 26.9. The number of amides is 2. The highest BCUT2D eigenvalue weighted by Gasteiger charge is 2.33. The van der Waals surface area contributed by atoms with Gasteiger partial charge >= 0.3 is 0 Å². The highest BCUT2D eigenvalue weighted by Crippen LogP contribution is 2.30. The molecule has 0 radical (unpaired) electrons. The van der Waals surface area contributed by atoms with Crippen LogP contribution >= 0.6 is 34.8 Å². The molecule has 11 heteroatoms. The molecule has 4 rings (SSSR count). The normalized spacial score (nSPS) is 14.3. The molecular formula is C33H38Cl3N3O4S. The first kappa shape index (κ1) is 34.1. The van der Waals surface area contributed by atoms with Gasteiger partial charge in [0.05, 0.1) is 11.9 Å². The molecule has 0 saturated heterocycles. The summed E-state index contributed by atoms with van der Waals surface area (Å²) in [6.45, 7) is 1.84. The number of halogens is 3. The van der Waals surface area contributed by atoms with Crippen molar-refractivity contribution in [3.05, 3.63) is 98.5 Å². The van der Waals surface area contributed by atoms with Crippen LogP contribution in [0.4, 0.5) is 5.69 Å². The first-order valence-corrected chi connectivity index (χ1v) is 17.7. The molecule has 44 heavy (non-hydrogen) atoms. The molecule has 1 fully saturated rings. The molecule has 1 unspecified atom stereocenters. The summed E-state index contributed by atoms with van der Waals surface area (Å²) in [4.78, 5) is 29.6. The fraction of sp³-hybridized carbons (Fsp3) is 0.394. The molecule has 0 aromatic heterocycles. The lowest BCUT2D eigenvalue weighted by molar-refractivity contribution is -0.141. The van der Waals surface area contributed by atoms with E-state index in [1.54, 1.807) is 48.2 Å². The molecule has 1 atom stereocenters. The van der Waals surface area contributed by atoms with Gasteiger partial charge in [0.1, 0.15) is 6.04 Å². The Balaban J connectivity index is 1.63. The molecule has 3 aromatic rings. The quantitative estimate of drug-likeness (QED) is 0.207. The van der Waals surface area contributed by atoms with Gasteiger partial charge in [-0.15, -0.1) is 0 Å². The van der Waals surface area contributed by atoms with Crippen LogP contribution in [-0.2, 0) is 32.6 Å². The molecule has 0 spiro atoms. The molecule has 1 N–H and O–H groups in total. The third kappa shape index (κ3) is 8.90. The second-order valence-electron chi connectivity index (χ2n) is 11.2. The van der Waals surface area contributed by atoms with Crippen LogP contribution in [0.5, 0.6) is 0 Å². The van der Waals surface area contributed by atoms with Crippen molar-refractivity contribution in [2.24, 2.45) is 0 Å². The average molecular weight is 679 g/mol. The molecule has 1 aliphatic rings. The number of hydrogen-bond donors (Lipinski definition) is 1. The molecule has 1 saturated carbocycles. The van der Waals surface area contributed by atoms with Crippen molar-refractivity contribution < 1.29 is 18.0 Å². The third-order valence-electron chi connectivity index (χ3n) is 8.02. The Morgan fingerprint density at radius 1 is 0.909 bits per heavy atom. The summed E-state index contributed by atoms with van der Waals surface area (Å²) in [7, 11) is -3.67. The lowest BCUT2D eigenvalue weighted by Crippen LogP contribution is -2.52. The zero-order valence-electron chi connectivity index (χ0n) is 24.9. The van der Waals surface area contributed by atoms with Gasteiger partial charge in [-0.1, -0.05) is 90.1 Å². The van der Waals surface area contributed by atoms with E-state index in [2.05, 4.69) is 5.32 Å². The molecule has 0 heterocycles. The number of rotatable bonds is 13. The van der Waals surface area contributed by atoms with Crippen molar-refractivity contribution in [1.82, 2.24) is 10.2 Å². The van der Waals surface area contributed by atoms with Crippen LogP contribution in [-0.4, -0.2) is 50.0 Å². The number of benzene rings is 3. The molecule has 7 nitrogen and oxygen atoms in total. The van der Waals surface area contributed by atoms with E-state index in [0.717, 1.165) is 37.5 Å². The van der Waals surface area contributed by atoms with E-state index in [0.29, 0.717) is 38.3 Å². The largest absolute Gasteiger partial charge is 0.352 e. The summed E-state index contributed by atoms with van der Waals surface area (Å²) >= 11 is 19.4. The van der Waals surface area contributed by atoms with Crippen molar-refractivity contribution in [2.75, 3.05) is 17.1 Å². The minimum atomic E-state index is -3.67. The van der Waals surface area contributed by atoms with Crippen LogP contribution < -0.4 is 9.62 Å². The average Bonchev–Trinajstić information content (AvgIpc) is 3.49. The Kier molecular flexibility index (Phi) is 12.0. The maximum absolute atomic E-state index is 14.1. The van der Waals surface area contributed by atoms with Crippen LogP contribution in [0.25, 0.3) is 0 Å². The van der Waals surface area contributed by atoms with Crippen LogP contribution in [0.1, 0.15) is 55.2 Å². The molecule has 2 amide bonds. The third-order valence-corrected chi connectivity index (χ3v) is 10.3. The predicted octanol–water partition coefficient (Wildman–Crippen LogP) is 7.20. The maximum atomic E-state index is 14.1. The Morgan fingerprint density at radius 2 is 1.52 bits per heavy atom. The van der Waals surface area contributed by atoms with Gasteiger partial charge in [0.15, 0.2) is 0 Å². The van der Waals surface area contributed by atoms with E-state index < -0.39 is 16.1 Å². The molecule has 3 aromatic carbocycles. The van der Waals surface area contributed by atoms with Crippen LogP contribution in [0, 0.1) is 6.92 Å². The molecule has 1 aliphatic carbocycles. The lowest BCUT2D eigenvalue weighted by atomic mass is 10.0. The SMILES string of the molecule is Cc1c(Cl)cccc1N(CCCC(=O)N(Cc1c(Cl)cccc1Cl)C(Cc1ccccc1)C(=O)NC1CCCC1)S(C)(=O)=O. The summed E-state index contributed by atoms with van der Waals surface area (Å²) in [6, 6.07) is 19.0. The zero-order valence-corrected chi connectivity index (χ0v) is 28.0.